The number of H-pyrrole nitrogens is 2. The largest absolute Gasteiger partial charge is 0.340 e. The van der Waals surface area contributed by atoms with Crippen LogP contribution in [0.1, 0.15) is 39.2 Å². The minimum Gasteiger partial charge on any atom is -0.340 e. The molecule has 0 bridgehead atoms. The highest BCUT2D eigenvalue weighted by atomic mass is 32.1. The van der Waals surface area contributed by atoms with Crippen LogP contribution in [0.4, 0.5) is 4.39 Å². The Balaban J connectivity index is 1.84. The lowest BCUT2D eigenvalue weighted by molar-refractivity contribution is 0.402. The Morgan fingerprint density at radius 2 is 2.00 bits per heavy atom. The Hall–Kier alpha value is -3.88. The molecule has 0 aliphatic rings. The van der Waals surface area contributed by atoms with Crippen LogP contribution in [0.5, 0.6) is 0 Å². The third-order valence-corrected chi connectivity index (χ3v) is 6.90. The van der Waals surface area contributed by atoms with Gasteiger partial charge in [0.05, 0.1) is 16.3 Å². The highest BCUT2D eigenvalue weighted by molar-refractivity contribution is 7.13. The zero-order valence-corrected chi connectivity index (χ0v) is 22.6. The summed E-state index contributed by atoms with van der Waals surface area (Å²) in [5, 5.41) is 8.25. The van der Waals surface area contributed by atoms with Crippen molar-refractivity contribution in [2.45, 2.75) is 27.3 Å². The van der Waals surface area contributed by atoms with E-state index >= 15 is 4.39 Å². The van der Waals surface area contributed by atoms with Gasteiger partial charge in [-0.05, 0) is 58.6 Å². The van der Waals surface area contributed by atoms with Gasteiger partial charge < -0.3 is 9.88 Å². The van der Waals surface area contributed by atoms with E-state index in [0.29, 0.717) is 34.2 Å². The minimum absolute atomic E-state index is 0.240. The van der Waals surface area contributed by atoms with Gasteiger partial charge in [0.1, 0.15) is 11.5 Å². The average Bonchev–Trinajstić information content (AvgIpc) is 3.59. The molecule has 0 fully saturated rings. The fraction of sp³-hybridized carbons (Fsp3) is 0.207. The molecular formula is C29H31FN6S. The molecule has 0 saturated carbocycles. The number of hydrogen-bond donors (Lipinski definition) is 2. The summed E-state index contributed by atoms with van der Waals surface area (Å²) < 4.78 is 16.1. The van der Waals surface area contributed by atoms with Crippen molar-refractivity contribution in [3.05, 3.63) is 98.7 Å². The van der Waals surface area contributed by atoms with Gasteiger partial charge in [-0.1, -0.05) is 31.4 Å². The van der Waals surface area contributed by atoms with Gasteiger partial charge in [0.25, 0.3) is 0 Å². The highest BCUT2D eigenvalue weighted by Crippen LogP contribution is 2.31. The molecule has 0 saturated heterocycles. The monoisotopic (exact) mass is 514 g/mol. The molecular weight excluding hydrogens is 483 g/mol. The summed E-state index contributed by atoms with van der Waals surface area (Å²) in [6.07, 6.45) is 8.88. The number of hydrogen-bond acceptors (Lipinski definition) is 5. The van der Waals surface area contributed by atoms with E-state index in [0.717, 1.165) is 27.4 Å². The molecule has 4 aromatic heterocycles. The SMILES string of the molecule is C=C/C=C(/c1ccc(C)s1)c1nc(-c2n[nH]c(=C/C)/c2=C(/F)C(=C)c2cncc(CN(C)C)c2)[nH]c1C. The first-order valence-corrected chi connectivity index (χ1v) is 12.7. The molecule has 0 atom stereocenters. The van der Waals surface area contributed by atoms with Crippen molar-refractivity contribution < 1.29 is 4.39 Å². The van der Waals surface area contributed by atoms with Gasteiger partial charge in [-0.25, -0.2) is 9.37 Å². The van der Waals surface area contributed by atoms with Crippen LogP contribution in [-0.4, -0.2) is 44.1 Å². The van der Waals surface area contributed by atoms with E-state index in [4.69, 9.17) is 4.98 Å². The summed E-state index contributed by atoms with van der Waals surface area (Å²) >= 11 is 1.68. The molecule has 6 nitrogen and oxygen atoms in total. The molecule has 0 aliphatic carbocycles. The van der Waals surface area contributed by atoms with Crippen molar-refractivity contribution in [3.63, 3.8) is 0 Å². The minimum atomic E-state index is -0.480. The second-order valence-electron chi connectivity index (χ2n) is 9.05. The first-order valence-electron chi connectivity index (χ1n) is 11.9. The molecule has 0 spiro atoms. The molecule has 0 unspecified atom stereocenters. The summed E-state index contributed by atoms with van der Waals surface area (Å²) in [4.78, 5) is 16.8. The standard InChI is InChI=1S/C29H31FN6S/c1-8-10-22(24-12-11-17(3)37-24)27-19(5)32-29(33-27)28-25(23(9-2)34-35-28)26(30)18(4)21-13-20(14-31-15-21)16-36(6)7/h8-15,34H,1,4,16H2,2-3,5-7H3,(H,32,33)/b22-10-,23-9+,26-25-. The molecule has 0 aromatic carbocycles. The Labute approximate surface area is 220 Å². The quantitative estimate of drug-likeness (QED) is 0.319. The number of nitrogens with zero attached hydrogens (tertiary/aromatic N) is 4. The van der Waals surface area contributed by atoms with Crippen LogP contribution in [0.2, 0.25) is 0 Å². The van der Waals surface area contributed by atoms with Crippen molar-refractivity contribution in [1.82, 2.24) is 30.0 Å². The van der Waals surface area contributed by atoms with Crippen LogP contribution in [0.25, 0.3) is 34.6 Å². The number of rotatable bonds is 8. The maximum absolute atomic E-state index is 16.1. The summed E-state index contributed by atoms with van der Waals surface area (Å²) in [5.41, 5.74) is 4.79. The summed E-state index contributed by atoms with van der Waals surface area (Å²) in [6, 6.07) is 6.06. The van der Waals surface area contributed by atoms with Crippen molar-refractivity contribution in [2.24, 2.45) is 0 Å². The van der Waals surface area contributed by atoms with Gasteiger partial charge in [0.2, 0.25) is 0 Å². The van der Waals surface area contributed by atoms with E-state index < -0.39 is 5.83 Å². The van der Waals surface area contributed by atoms with Crippen LogP contribution >= 0.6 is 11.3 Å². The molecule has 0 aliphatic heterocycles. The number of nitrogens with one attached hydrogen (secondary N) is 2. The molecule has 8 heteroatoms. The number of imidazole rings is 1. The Morgan fingerprint density at radius 3 is 2.65 bits per heavy atom. The first-order chi connectivity index (χ1) is 17.7. The molecule has 4 aromatic rings. The van der Waals surface area contributed by atoms with Gasteiger partial charge in [0, 0.05) is 51.1 Å². The predicted octanol–water partition coefficient (Wildman–Crippen LogP) is 5.14. The molecule has 37 heavy (non-hydrogen) atoms. The average molecular weight is 515 g/mol. The lowest BCUT2D eigenvalue weighted by Crippen LogP contribution is -2.26. The van der Waals surface area contributed by atoms with E-state index in [9.17, 15) is 0 Å². The van der Waals surface area contributed by atoms with Crippen LogP contribution in [0.3, 0.4) is 0 Å². The normalized spacial score (nSPS) is 13.4. The fourth-order valence-electron chi connectivity index (χ4n) is 4.15. The van der Waals surface area contributed by atoms with E-state index in [2.05, 4.69) is 52.4 Å². The van der Waals surface area contributed by atoms with E-state index in [1.165, 1.54) is 4.88 Å². The number of allylic oxidation sites excluding steroid dienone is 3. The zero-order valence-electron chi connectivity index (χ0n) is 21.8. The lowest BCUT2D eigenvalue weighted by Gasteiger charge is -2.11. The number of aryl methyl sites for hydroxylation is 2. The smallest absolute Gasteiger partial charge is 0.159 e. The van der Waals surface area contributed by atoms with Crippen LogP contribution in [0.15, 0.2) is 55.9 Å². The lowest BCUT2D eigenvalue weighted by atomic mass is 10.0. The van der Waals surface area contributed by atoms with E-state index in [-0.39, 0.29) is 5.57 Å². The van der Waals surface area contributed by atoms with Gasteiger partial charge in [-0.2, -0.15) is 5.10 Å². The number of thiophene rings is 1. The van der Waals surface area contributed by atoms with Crippen LogP contribution in [0, 0.1) is 13.8 Å². The third-order valence-electron chi connectivity index (χ3n) is 5.86. The van der Waals surface area contributed by atoms with E-state index in [1.54, 1.807) is 35.9 Å². The van der Waals surface area contributed by atoms with Gasteiger partial charge in [0.15, 0.2) is 5.82 Å². The number of pyridine rings is 1. The van der Waals surface area contributed by atoms with Crippen LogP contribution in [-0.2, 0) is 6.54 Å². The number of aromatic amines is 2. The van der Waals surface area contributed by atoms with Crippen molar-refractivity contribution >= 4 is 34.4 Å². The number of halogens is 1. The van der Waals surface area contributed by atoms with Crippen molar-refractivity contribution in [3.8, 4) is 11.5 Å². The van der Waals surface area contributed by atoms with Gasteiger partial charge >= 0.3 is 0 Å². The third kappa shape index (κ3) is 5.45. The van der Waals surface area contributed by atoms with E-state index in [1.807, 2.05) is 45.0 Å². The molecule has 4 heterocycles. The summed E-state index contributed by atoms with van der Waals surface area (Å²) in [5.74, 6) is -0.00971. The second kappa shape index (κ2) is 11.0. The van der Waals surface area contributed by atoms with Crippen molar-refractivity contribution in [1.29, 1.82) is 0 Å². The molecule has 0 amide bonds. The fourth-order valence-corrected chi connectivity index (χ4v) is 5.04. The highest BCUT2D eigenvalue weighted by Gasteiger charge is 2.20. The predicted molar refractivity (Wildman–Crippen MR) is 152 cm³/mol. The zero-order chi connectivity index (χ0) is 26.7. The molecule has 4 rings (SSSR count). The summed E-state index contributed by atoms with van der Waals surface area (Å²) in [6.45, 7) is 14.5. The Morgan fingerprint density at radius 1 is 1.22 bits per heavy atom. The second-order valence-corrected chi connectivity index (χ2v) is 10.3. The van der Waals surface area contributed by atoms with Gasteiger partial charge in [-0.15, -0.1) is 11.3 Å². The molecule has 2 N–H and O–H groups in total. The van der Waals surface area contributed by atoms with Crippen molar-refractivity contribution in [2.75, 3.05) is 14.1 Å². The van der Waals surface area contributed by atoms with Crippen LogP contribution < -0.4 is 10.6 Å². The maximum atomic E-state index is 16.1. The Bertz CT molecular complexity index is 1620. The number of aromatic nitrogens is 5. The van der Waals surface area contributed by atoms with Gasteiger partial charge in [-0.3, -0.25) is 10.1 Å². The summed E-state index contributed by atoms with van der Waals surface area (Å²) in [7, 11) is 3.95. The Kier molecular flexibility index (Phi) is 7.80. The maximum Gasteiger partial charge on any atom is 0.159 e. The topological polar surface area (TPSA) is 73.5 Å². The first kappa shape index (κ1) is 26.2. The molecule has 190 valence electrons. The molecule has 0 radical (unpaired) electrons.